The molecule has 1 aromatic heterocycles. The maximum Gasteiger partial charge on any atom is 0.195 e. The van der Waals surface area contributed by atoms with E-state index in [9.17, 15) is 4.79 Å². The first-order valence-electron chi connectivity index (χ1n) is 10.2. The van der Waals surface area contributed by atoms with Gasteiger partial charge in [0.05, 0.1) is 5.56 Å². The number of aromatic amines is 1. The second-order valence-electron chi connectivity index (χ2n) is 8.55. The lowest BCUT2D eigenvalue weighted by molar-refractivity contribution is 0.103. The fourth-order valence-corrected chi connectivity index (χ4v) is 4.71. The maximum absolute atomic E-state index is 13.5. The molecule has 3 aromatic rings. The van der Waals surface area contributed by atoms with E-state index in [1.807, 2.05) is 36.4 Å². The summed E-state index contributed by atoms with van der Waals surface area (Å²) in [5.74, 6) is 0.813. The molecule has 3 N–H and O–H groups in total. The Bertz CT molecular complexity index is 1140. The molecule has 0 unspecified atom stereocenters. The highest BCUT2D eigenvalue weighted by molar-refractivity contribution is 6.20. The van der Waals surface area contributed by atoms with E-state index < -0.39 is 0 Å². The highest BCUT2D eigenvalue weighted by atomic mass is 16.5. The summed E-state index contributed by atoms with van der Waals surface area (Å²) in [4.78, 5) is 17.0. The number of fused-ring (bicyclic) bond motifs is 4. The number of rotatable bonds is 3. The van der Waals surface area contributed by atoms with Crippen LogP contribution in [0.2, 0.25) is 0 Å². The third-order valence-electron chi connectivity index (χ3n) is 6.34. The summed E-state index contributed by atoms with van der Waals surface area (Å²) in [7, 11) is 0. The average molecular weight is 387 g/mol. The largest absolute Gasteiger partial charge is 0.490 e. The molecule has 0 spiro atoms. The maximum atomic E-state index is 13.5. The van der Waals surface area contributed by atoms with Crippen LogP contribution >= 0.6 is 0 Å². The second kappa shape index (κ2) is 6.56. The lowest BCUT2D eigenvalue weighted by atomic mass is 9.71. The summed E-state index contributed by atoms with van der Waals surface area (Å²) in [6.45, 7) is 6.24. The van der Waals surface area contributed by atoms with Gasteiger partial charge >= 0.3 is 0 Å². The van der Waals surface area contributed by atoms with Gasteiger partial charge in [-0.25, -0.2) is 0 Å². The number of ketones is 1. The number of piperidine rings is 1. The summed E-state index contributed by atoms with van der Waals surface area (Å²) in [5.41, 5.74) is 4.83. The van der Waals surface area contributed by atoms with Crippen molar-refractivity contribution in [2.24, 2.45) is 0 Å². The Balaban J connectivity index is 1.61. The van der Waals surface area contributed by atoms with E-state index in [1.54, 1.807) is 0 Å². The van der Waals surface area contributed by atoms with Gasteiger partial charge in [0.25, 0.3) is 0 Å². The van der Waals surface area contributed by atoms with Crippen molar-refractivity contribution in [2.45, 2.75) is 38.2 Å². The smallest absolute Gasteiger partial charge is 0.195 e. The van der Waals surface area contributed by atoms with Crippen molar-refractivity contribution in [3.63, 3.8) is 0 Å². The summed E-state index contributed by atoms with van der Waals surface area (Å²) < 4.78 is 6.20. The number of ether oxygens (including phenoxy) is 1. The molecule has 0 atom stereocenters. The molecule has 5 nitrogen and oxygen atoms in total. The van der Waals surface area contributed by atoms with Crippen LogP contribution in [0.5, 0.6) is 5.75 Å². The van der Waals surface area contributed by atoms with Crippen molar-refractivity contribution in [1.82, 2.24) is 10.3 Å². The minimum absolute atomic E-state index is 0.0407. The van der Waals surface area contributed by atoms with Crippen LogP contribution in [0.15, 0.2) is 36.4 Å². The molecule has 0 radical (unpaired) electrons. The summed E-state index contributed by atoms with van der Waals surface area (Å²) >= 11 is 0. The number of nitrogens with one attached hydrogen (secondary N) is 3. The van der Waals surface area contributed by atoms with Gasteiger partial charge in [0, 0.05) is 33.8 Å². The van der Waals surface area contributed by atoms with Gasteiger partial charge < -0.3 is 20.4 Å². The van der Waals surface area contributed by atoms with Crippen molar-refractivity contribution in [2.75, 3.05) is 13.1 Å². The number of hydrogen-bond donors (Lipinski definition) is 3. The lowest BCUT2D eigenvalue weighted by Gasteiger charge is -2.32. The molecule has 29 heavy (non-hydrogen) atoms. The molecule has 1 aliphatic heterocycles. The molecule has 0 amide bonds. The van der Waals surface area contributed by atoms with Crippen LogP contribution in [0.25, 0.3) is 10.9 Å². The Labute approximate surface area is 170 Å². The van der Waals surface area contributed by atoms with Gasteiger partial charge in [-0.2, -0.15) is 0 Å². The monoisotopic (exact) mass is 387 g/mol. The van der Waals surface area contributed by atoms with Crippen LogP contribution in [0, 0.1) is 5.41 Å². The van der Waals surface area contributed by atoms with Gasteiger partial charge in [-0.3, -0.25) is 4.79 Å². The molecular weight excluding hydrogens is 362 g/mol. The Morgan fingerprint density at radius 1 is 1.14 bits per heavy atom. The molecular formula is C24H25N3O2. The number of carbonyl (C=O) groups excluding carboxylic acids is 1. The Morgan fingerprint density at radius 2 is 1.93 bits per heavy atom. The molecule has 5 heteroatoms. The first-order valence-corrected chi connectivity index (χ1v) is 10.2. The quantitative estimate of drug-likeness (QED) is 0.590. The zero-order valence-electron chi connectivity index (χ0n) is 16.8. The van der Waals surface area contributed by atoms with E-state index in [1.165, 1.54) is 6.21 Å². The van der Waals surface area contributed by atoms with E-state index in [4.69, 9.17) is 10.1 Å². The zero-order chi connectivity index (χ0) is 20.2. The van der Waals surface area contributed by atoms with E-state index in [2.05, 4.69) is 24.1 Å². The molecule has 0 saturated carbocycles. The fraction of sp³-hybridized carbons (Fsp3) is 0.333. The van der Waals surface area contributed by atoms with E-state index in [0.29, 0.717) is 0 Å². The van der Waals surface area contributed by atoms with Crippen LogP contribution in [0.1, 0.15) is 59.4 Å². The molecule has 5 rings (SSSR count). The predicted molar refractivity (Wildman–Crippen MR) is 115 cm³/mol. The molecule has 148 valence electrons. The number of carbonyl (C=O) groups is 1. The zero-order valence-corrected chi connectivity index (χ0v) is 16.8. The van der Waals surface area contributed by atoms with Gasteiger partial charge in [0.2, 0.25) is 0 Å². The first kappa shape index (κ1) is 18.1. The van der Waals surface area contributed by atoms with Crippen LogP contribution in [-0.2, 0) is 5.41 Å². The second-order valence-corrected chi connectivity index (χ2v) is 8.55. The van der Waals surface area contributed by atoms with Gasteiger partial charge in [-0.15, -0.1) is 0 Å². The number of hydrogen-bond acceptors (Lipinski definition) is 4. The molecule has 1 fully saturated rings. The fourth-order valence-electron chi connectivity index (χ4n) is 4.71. The van der Waals surface area contributed by atoms with Crippen LogP contribution in [0.4, 0.5) is 0 Å². The van der Waals surface area contributed by atoms with E-state index >= 15 is 0 Å². The van der Waals surface area contributed by atoms with Crippen molar-refractivity contribution < 1.29 is 9.53 Å². The van der Waals surface area contributed by atoms with Gasteiger partial charge in [0.15, 0.2) is 5.78 Å². The van der Waals surface area contributed by atoms with Crippen LogP contribution in [-0.4, -0.2) is 36.2 Å². The number of aromatic nitrogens is 1. The topological polar surface area (TPSA) is 78.0 Å². The Kier molecular flexibility index (Phi) is 4.10. The number of benzene rings is 2. The third-order valence-corrected chi connectivity index (χ3v) is 6.34. The van der Waals surface area contributed by atoms with Crippen LogP contribution < -0.4 is 10.1 Å². The van der Waals surface area contributed by atoms with Crippen molar-refractivity contribution in [3.8, 4) is 5.75 Å². The first-order chi connectivity index (χ1) is 14.0. The highest BCUT2D eigenvalue weighted by Crippen LogP contribution is 2.44. The highest BCUT2D eigenvalue weighted by Gasteiger charge is 2.39. The van der Waals surface area contributed by atoms with Crippen LogP contribution in [0.3, 0.4) is 0 Å². The number of H-pyrrole nitrogens is 1. The summed E-state index contributed by atoms with van der Waals surface area (Å²) in [6.07, 6.45) is 3.49. The van der Waals surface area contributed by atoms with Crippen molar-refractivity contribution in [1.29, 1.82) is 5.41 Å². The average Bonchev–Trinajstić information content (AvgIpc) is 3.13. The van der Waals surface area contributed by atoms with Gasteiger partial charge in [-0.05, 0) is 55.3 Å². The van der Waals surface area contributed by atoms with Crippen molar-refractivity contribution >= 4 is 22.9 Å². The minimum Gasteiger partial charge on any atom is -0.490 e. The normalized spacial score (nSPS) is 18.3. The SMILES string of the molecule is CC1(C)c2ccc(OC3CCNCC3)cc2C(=O)c2c1[nH]c1cc(C=N)ccc21. The summed E-state index contributed by atoms with van der Waals surface area (Å²) in [6, 6.07) is 11.7. The molecule has 2 heterocycles. The molecule has 2 aliphatic rings. The Hall–Kier alpha value is -2.92. The van der Waals surface area contributed by atoms with Crippen molar-refractivity contribution in [3.05, 3.63) is 64.3 Å². The lowest BCUT2D eigenvalue weighted by Crippen LogP contribution is -2.34. The Morgan fingerprint density at radius 3 is 2.69 bits per heavy atom. The third kappa shape index (κ3) is 2.80. The van der Waals surface area contributed by atoms with E-state index in [-0.39, 0.29) is 17.3 Å². The molecule has 2 aromatic carbocycles. The summed E-state index contributed by atoms with van der Waals surface area (Å²) in [5, 5.41) is 11.8. The van der Waals surface area contributed by atoms with E-state index in [0.717, 1.165) is 70.5 Å². The van der Waals surface area contributed by atoms with Gasteiger partial charge in [-0.1, -0.05) is 32.0 Å². The molecule has 1 aliphatic carbocycles. The predicted octanol–water partition coefficient (Wildman–Crippen LogP) is 4.17. The van der Waals surface area contributed by atoms with Gasteiger partial charge in [0.1, 0.15) is 11.9 Å². The standard InChI is InChI=1S/C24H25N3O2/c1-24(2)19-6-4-16(29-15-7-9-26-10-8-15)12-18(19)22(28)21-17-5-3-14(13-25)11-20(17)27-23(21)24/h3-6,11-13,15,25-27H,7-10H2,1-2H3. The minimum atomic E-state index is -0.324. The molecule has 0 bridgehead atoms. The molecule has 1 saturated heterocycles.